The topological polar surface area (TPSA) is 55.7 Å². The highest BCUT2D eigenvalue weighted by Crippen LogP contribution is 2.30. The molecule has 146 valence electrons. The van der Waals surface area contributed by atoms with Crippen molar-refractivity contribution in [1.82, 2.24) is 0 Å². The van der Waals surface area contributed by atoms with Gasteiger partial charge in [-0.25, -0.2) is 0 Å². The second-order valence-corrected chi connectivity index (χ2v) is 6.80. The van der Waals surface area contributed by atoms with E-state index in [-0.39, 0.29) is 5.78 Å². The molecule has 1 aliphatic heterocycles. The van der Waals surface area contributed by atoms with Crippen LogP contribution in [-0.2, 0) is 9.53 Å². The molecule has 4 nitrogen and oxygen atoms in total. The van der Waals surface area contributed by atoms with Gasteiger partial charge in [0, 0.05) is 18.0 Å². The molecule has 0 aliphatic carbocycles. The van der Waals surface area contributed by atoms with Crippen LogP contribution in [0, 0.1) is 0 Å². The Morgan fingerprint density at radius 2 is 1.62 bits per heavy atom. The SMILES string of the molecule is COC(/C(C(C)=O)=C1/C=NC=CC1)=C(/C)c1ccc(-c2ccc(C=O)cc2)cc1. The van der Waals surface area contributed by atoms with E-state index in [1.54, 1.807) is 38.6 Å². The zero-order valence-corrected chi connectivity index (χ0v) is 16.8. The number of benzene rings is 2. The van der Waals surface area contributed by atoms with E-state index in [0.717, 1.165) is 34.1 Å². The van der Waals surface area contributed by atoms with Gasteiger partial charge in [0.15, 0.2) is 5.78 Å². The molecule has 0 radical (unpaired) electrons. The number of nitrogens with zero attached hydrogens (tertiary/aromatic N) is 1. The molecule has 1 heterocycles. The zero-order chi connectivity index (χ0) is 20.8. The van der Waals surface area contributed by atoms with Gasteiger partial charge in [0.2, 0.25) is 0 Å². The molecule has 1 aliphatic rings. The average Bonchev–Trinajstić information content (AvgIpc) is 2.77. The molecule has 0 N–H and O–H groups in total. The number of ether oxygens (including phenoxy) is 1. The van der Waals surface area contributed by atoms with Gasteiger partial charge in [-0.2, -0.15) is 0 Å². The number of Topliss-reactive ketones (excluding diaryl/α,β-unsaturated/α-hetero) is 1. The van der Waals surface area contributed by atoms with Crippen molar-refractivity contribution in [3.05, 3.63) is 88.8 Å². The molecule has 4 heteroatoms. The molecule has 0 aromatic heterocycles. The fraction of sp³-hybridized carbons (Fsp3) is 0.160. The van der Waals surface area contributed by atoms with Crippen molar-refractivity contribution < 1.29 is 14.3 Å². The van der Waals surface area contributed by atoms with Crippen molar-refractivity contribution in [3.63, 3.8) is 0 Å². The highest BCUT2D eigenvalue weighted by molar-refractivity contribution is 6.05. The molecule has 0 saturated heterocycles. The summed E-state index contributed by atoms with van der Waals surface area (Å²) in [5, 5.41) is 0. The maximum Gasteiger partial charge on any atom is 0.163 e. The number of allylic oxidation sites excluding steroid dienone is 4. The monoisotopic (exact) mass is 385 g/mol. The molecule has 2 aromatic rings. The third-order valence-electron chi connectivity index (χ3n) is 4.90. The van der Waals surface area contributed by atoms with Crippen LogP contribution >= 0.6 is 0 Å². The van der Waals surface area contributed by atoms with Crippen LogP contribution in [0.3, 0.4) is 0 Å². The predicted octanol–water partition coefficient (Wildman–Crippen LogP) is 5.42. The molecule has 0 unspecified atom stereocenters. The van der Waals surface area contributed by atoms with Crippen LogP contribution in [-0.4, -0.2) is 25.4 Å². The largest absolute Gasteiger partial charge is 0.496 e. The summed E-state index contributed by atoms with van der Waals surface area (Å²) in [7, 11) is 1.58. The number of hydrogen-bond donors (Lipinski definition) is 0. The summed E-state index contributed by atoms with van der Waals surface area (Å²) < 4.78 is 5.67. The van der Waals surface area contributed by atoms with Crippen LogP contribution in [0.2, 0.25) is 0 Å². The summed E-state index contributed by atoms with van der Waals surface area (Å²) in [5.74, 6) is 0.516. The number of aldehydes is 1. The number of aliphatic imine (C=N–C) groups is 1. The van der Waals surface area contributed by atoms with Crippen molar-refractivity contribution in [3.8, 4) is 11.1 Å². The fourth-order valence-electron chi connectivity index (χ4n) is 3.37. The van der Waals surface area contributed by atoms with E-state index < -0.39 is 0 Å². The molecule has 29 heavy (non-hydrogen) atoms. The van der Waals surface area contributed by atoms with Gasteiger partial charge in [0.1, 0.15) is 12.0 Å². The van der Waals surface area contributed by atoms with Crippen molar-refractivity contribution in [1.29, 1.82) is 0 Å². The maximum absolute atomic E-state index is 12.4. The first-order valence-electron chi connectivity index (χ1n) is 9.38. The van der Waals surface area contributed by atoms with Gasteiger partial charge in [-0.15, -0.1) is 0 Å². The molecule has 0 fully saturated rings. The minimum Gasteiger partial charge on any atom is -0.496 e. The van der Waals surface area contributed by atoms with Gasteiger partial charge in [0.25, 0.3) is 0 Å². The Hall–Kier alpha value is -3.53. The number of methoxy groups -OCH3 is 1. The van der Waals surface area contributed by atoms with Gasteiger partial charge in [-0.05, 0) is 48.1 Å². The Morgan fingerprint density at radius 3 is 2.10 bits per heavy atom. The number of rotatable bonds is 6. The average molecular weight is 385 g/mol. The first-order valence-corrected chi connectivity index (χ1v) is 9.38. The van der Waals surface area contributed by atoms with E-state index >= 15 is 0 Å². The first kappa shape index (κ1) is 20.2. The van der Waals surface area contributed by atoms with Gasteiger partial charge < -0.3 is 4.74 Å². The van der Waals surface area contributed by atoms with Gasteiger partial charge in [0.05, 0.1) is 12.7 Å². The fourth-order valence-corrected chi connectivity index (χ4v) is 3.37. The molecule has 0 spiro atoms. The Kier molecular flexibility index (Phi) is 6.35. The van der Waals surface area contributed by atoms with Crippen LogP contribution in [0.4, 0.5) is 0 Å². The first-order chi connectivity index (χ1) is 14.0. The lowest BCUT2D eigenvalue weighted by atomic mass is 9.94. The van der Waals surface area contributed by atoms with E-state index in [0.29, 0.717) is 23.3 Å². The van der Waals surface area contributed by atoms with Gasteiger partial charge >= 0.3 is 0 Å². The molecule has 0 saturated carbocycles. The second kappa shape index (κ2) is 9.11. The summed E-state index contributed by atoms with van der Waals surface area (Å²) in [6.45, 7) is 3.50. The molecule has 0 bridgehead atoms. The third kappa shape index (κ3) is 4.49. The summed E-state index contributed by atoms with van der Waals surface area (Å²) in [4.78, 5) is 27.4. The van der Waals surface area contributed by atoms with Crippen LogP contribution in [0.1, 0.15) is 36.2 Å². The minimum atomic E-state index is -0.0511. The van der Waals surface area contributed by atoms with Crippen LogP contribution in [0.5, 0.6) is 0 Å². The zero-order valence-electron chi connectivity index (χ0n) is 16.8. The summed E-state index contributed by atoms with van der Waals surface area (Å²) in [6.07, 6.45) is 6.85. The lowest BCUT2D eigenvalue weighted by Crippen LogP contribution is -2.10. The lowest BCUT2D eigenvalue weighted by Gasteiger charge is -2.17. The normalized spacial score (nSPS) is 15.6. The third-order valence-corrected chi connectivity index (χ3v) is 4.90. The predicted molar refractivity (Wildman–Crippen MR) is 117 cm³/mol. The van der Waals surface area contributed by atoms with E-state index in [2.05, 4.69) is 4.99 Å². The highest BCUT2D eigenvalue weighted by Gasteiger charge is 2.20. The smallest absolute Gasteiger partial charge is 0.163 e. The highest BCUT2D eigenvalue weighted by atomic mass is 16.5. The molecule has 3 rings (SSSR count). The maximum atomic E-state index is 12.4. The Bertz CT molecular complexity index is 1040. The van der Waals surface area contributed by atoms with E-state index in [9.17, 15) is 9.59 Å². The number of hydrogen-bond acceptors (Lipinski definition) is 4. The van der Waals surface area contributed by atoms with Crippen LogP contribution in [0.25, 0.3) is 16.7 Å². The number of carbonyl (C=O) groups excluding carboxylic acids is 2. The summed E-state index contributed by atoms with van der Waals surface area (Å²) in [6, 6.07) is 15.5. The number of carbonyl (C=O) groups is 2. The van der Waals surface area contributed by atoms with Crippen molar-refractivity contribution >= 4 is 23.9 Å². The Morgan fingerprint density at radius 1 is 1.00 bits per heavy atom. The standard InChI is InChI=1S/C25H23NO3/c1-17(25(29-3)24(18(2)28)23-5-4-14-26-15-23)20-10-12-22(13-11-20)21-8-6-19(16-27)7-9-21/h4,6-16H,5H2,1-3H3/b24-23+,25-17-. The number of ketones is 1. The van der Waals surface area contributed by atoms with Crippen molar-refractivity contribution in [2.45, 2.75) is 20.3 Å². The Balaban J connectivity index is 1.99. The van der Waals surface area contributed by atoms with E-state index in [1.165, 1.54) is 0 Å². The van der Waals surface area contributed by atoms with Gasteiger partial charge in [-0.1, -0.05) is 54.6 Å². The molecular formula is C25H23NO3. The minimum absolute atomic E-state index is 0.0511. The van der Waals surface area contributed by atoms with Crippen LogP contribution in [0.15, 0.2) is 82.7 Å². The lowest BCUT2D eigenvalue weighted by molar-refractivity contribution is -0.113. The van der Waals surface area contributed by atoms with Gasteiger partial charge in [-0.3, -0.25) is 14.6 Å². The Labute approximate surface area is 170 Å². The van der Waals surface area contributed by atoms with E-state index in [4.69, 9.17) is 4.74 Å². The quantitative estimate of drug-likeness (QED) is 0.379. The molecule has 2 aromatic carbocycles. The van der Waals surface area contributed by atoms with Crippen molar-refractivity contribution in [2.24, 2.45) is 4.99 Å². The summed E-state index contributed by atoms with van der Waals surface area (Å²) >= 11 is 0. The summed E-state index contributed by atoms with van der Waals surface area (Å²) in [5.41, 5.74) is 6.00. The van der Waals surface area contributed by atoms with E-state index in [1.807, 2.05) is 49.4 Å². The molecule has 0 atom stereocenters. The second-order valence-electron chi connectivity index (χ2n) is 6.80. The van der Waals surface area contributed by atoms with Crippen molar-refractivity contribution in [2.75, 3.05) is 7.11 Å². The molecular weight excluding hydrogens is 362 g/mol. The molecule has 0 amide bonds. The van der Waals surface area contributed by atoms with Crippen LogP contribution < -0.4 is 0 Å².